The van der Waals surface area contributed by atoms with Crippen molar-refractivity contribution in [1.82, 2.24) is 15.2 Å². The van der Waals surface area contributed by atoms with Crippen molar-refractivity contribution in [3.8, 4) is 11.3 Å². The maximum atomic E-state index is 5.87. The standard InChI is InChI=1S/C13H10BrN5/c14-8-4-5-9-7(6-8)2-1-3-10(9)11-12(15)17-13(16)19-18-11/h1-6H,(H4,15,16,17,19). The fourth-order valence-electron chi connectivity index (χ4n) is 2.00. The van der Waals surface area contributed by atoms with Crippen molar-refractivity contribution in [3.05, 3.63) is 40.9 Å². The van der Waals surface area contributed by atoms with E-state index >= 15 is 0 Å². The molecular formula is C13H10BrN5. The monoisotopic (exact) mass is 315 g/mol. The van der Waals surface area contributed by atoms with Crippen LogP contribution in [0.1, 0.15) is 0 Å². The van der Waals surface area contributed by atoms with E-state index in [4.69, 9.17) is 11.5 Å². The Hall–Kier alpha value is -2.21. The normalized spacial score (nSPS) is 10.8. The van der Waals surface area contributed by atoms with Gasteiger partial charge in [-0.3, -0.25) is 0 Å². The number of hydrogen-bond acceptors (Lipinski definition) is 5. The average molecular weight is 316 g/mol. The van der Waals surface area contributed by atoms with E-state index in [0.717, 1.165) is 20.8 Å². The van der Waals surface area contributed by atoms with Crippen molar-refractivity contribution in [2.24, 2.45) is 0 Å². The van der Waals surface area contributed by atoms with Crippen LogP contribution in [-0.2, 0) is 0 Å². The molecule has 0 amide bonds. The highest BCUT2D eigenvalue weighted by Gasteiger charge is 2.11. The molecule has 0 fully saturated rings. The lowest BCUT2D eigenvalue weighted by Crippen LogP contribution is -2.04. The summed E-state index contributed by atoms with van der Waals surface area (Å²) in [6.07, 6.45) is 0. The number of nitrogen functional groups attached to an aromatic ring is 2. The lowest BCUT2D eigenvalue weighted by molar-refractivity contribution is 1.00. The number of nitrogens with zero attached hydrogens (tertiary/aromatic N) is 3. The van der Waals surface area contributed by atoms with E-state index in [1.165, 1.54) is 0 Å². The van der Waals surface area contributed by atoms with E-state index in [0.29, 0.717) is 5.69 Å². The summed E-state index contributed by atoms with van der Waals surface area (Å²) >= 11 is 3.46. The fraction of sp³-hybridized carbons (Fsp3) is 0. The molecule has 94 valence electrons. The molecule has 6 heteroatoms. The van der Waals surface area contributed by atoms with Gasteiger partial charge < -0.3 is 11.5 Å². The minimum Gasteiger partial charge on any atom is -0.382 e. The van der Waals surface area contributed by atoms with Crippen LogP contribution in [0.15, 0.2) is 40.9 Å². The number of benzene rings is 2. The minimum absolute atomic E-state index is 0.0734. The Labute approximate surface area is 117 Å². The van der Waals surface area contributed by atoms with E-state index in [1.807, 2.05) is 36.4 Å². The molecule has 0 aliphatic carbocycles. The van der Waals surface area contributed by atoms with E-state index in [9.17, 15) is 0 Å². The number of anilines is 2. The first-order chi connectivity index (χ1) is 9.15. The molecule has 1 heterocycles. The van der Waals surface area contributed by atoms with Gasteiger partial charge in [-0.25, -0.2) is 0 Å². The van der Waals surface area contributed by atoms with Gasteiger partial charge in [0.1, 0.15) is 5.69 Å². The molecule has 2 aromatic carbocycles. The van der Waals surface area contributed by atoms with Gasteiger partial charge in [-0.15, -0.1) is 10.2 Å². The van der Waals surface area contributed by atoms with Gasteiger partial charge in [-0.2, -0.15) is 4.98 Å². The Morgan fingerprint density at radius 3 is 2.63 bits per heavy atom. The number of halogens is 1. The predicted octanol–water partition coefficient (Wildman–Crippen LogP) is 2.62. The molecular weight excluding hydrogens is 306 g/mol. The van der Waals surface area contributed by atoms with Gasteiger partial charge in [0.25, 0.3) is 0 Å². The fourth-order valence-corrected chi connectivity index (χ4v) is 2.38. The molecule has 5 nitrogen and oxygen atoms in total. The SMILES string of the molecule is Nc1nnc(-c2cccc3cc(Br)ccc23)c(N)n1. The van der Waals surface area contributed by atoms with Crippen LogP contribution in [0.25, 0.3) is 22.0 Å². The molecule has 3 aromatic rings. The zero-order chi connectivity index (χ0) is 13.4. The van der Waals surface area contributed by atoms with E-state index in [2.05, 4.69) is 31.1 Å². The van der Waals surface area contributed by atoms with E-state index < -0.39 is 0 Å². The highest BCUT2D eigenvalue weighted by Crippen LogP contribution is 2.31. The second-order valence-corrected chi connectivity index (χ2v) is 4.99. The molecule has 0 radical (unpaired) electrons. The summed E-state index contributed by atoms with van der Waals surface area (Å²) in [5.41, 5.74) is 12.8. The van der Waals surface area contributed by atoms with Crippen molar-refractivity contribution in [1.29, 1.82) is 0 Å². The van der Waals surface area contributed by atoms with E-state index in [1.54, 1.807) is 0 Å². The van der Waals surface area contributed by atoms with Crippen LogP contribution in [0.3, 0.4) is 0 Å². The molecule has 0 saturated carbocycles. The van der Waals surface area contributed by atoms with Gasteiger partial charge in [0.05, 0.1) is 0 Å². The number of rotatable bonds is 1. The van der Waals surface area contributed by atoms with Crippen LogP contribution >= 0.6 is 15.9 Å². The summed E-state index contributed by atoms with van der Waals surface area (Å²) in [4.78, 5) is 3.95. The summed E-state index contributed by atoms with van der Waals surface area (Å²) in [6, 6.07) is 11.9. The molecule has 0 spiro atoms. The Morgan fingerprint density at radius 2 is 1.84 bits per heavy atom. The molecule has 0 saturated heterocycles. The summed E-state index contributed by atoms with van der Waals surface area (Å²) < 4.78 is 1.02. The third kappa shape index (κ3) is 2.10. The molecule has 0 aliphatic heterocycles. The van der Waals surface area contributed by atoms with Crippen LogP contribution in [0, 0.1) is 0 Å². The molecule has 1 aromatic heterocycles. The van der Waals surface area contributed by atoms with Gasteiger partial charge in [0, 0.05) is 10.0 Å². The number of nitrogens with two attached hydrogens (primary N) is 2. The summed E-state index contributed by atoms with van der Waals surface area (Å²) in [5, 5.41) is 9.94. The highest BCUT2D eigenvalue weighted by molar-refractivity contribution is 9.10. The van der Waals surface area contributed by atoms with Crippen molar-refractivity contribution in [2.45, 2.75) is 0 Å². The highest BCUT2D eigenvalue weighted by atomic mass is 79.9. The van der Waals surface area contributed by atoms with Crippen LogP contribution in [0.2, 0.25) is 0 Å². The van der Waals surface area contributed by atoms with E-state index in [-0.39, 0.29) is 11.8 Å². The van der Waals surface area contributed by atoms with Crippen molar-refractivity contribution in [3.63, 3.8) is 0 Å². The van der Waals surface area contributed by atoms with Gasteiger partial charge in [-0.1, -0.05) is 40.2 Å². The molecule has 0 bridgehead atoms. The van der Waals surface area contributed by atoms with Crippen molar-refractivity contribution >= 4 is 38.5 Å². The Bertz CT molecular complexity index is 772. The van der Waals surface area contributed by atoms with Crippen molar-refractivity contribution < 1.29 is 0 Å². The topological polar surface area (TPSA) is 90.7 Å². The van der Waals surface area contributed by atoms with Crippen LogP contribution in [-0.4, -0.2) is 15.2 Å². The first-order valence-electron chi connectivity index (χ1n) is 5.59. The minimum atomic E-state index is 0.0734. The maximum Gasteiger partial charge on any atom is 0.242 e. The third-order valence-electron chi connectivity index (χ3n) is 2.83. The largest absolute Gasteiger partial charge is 0.382 e. The third-order valence-corrected chi connectivity index (χ3v) is 3.32. The summed E-state index contributed by atoms with van der Waals surface area (Å²) in [6.45, 7) is 0. The first kappa shape index (κ1) is 11.9. The molecule has 19 heavy (non-hydrogen) atoms. The Balaban J connectivity index is 2.30. The molecule has 4 N–H and O–H groups in total. The molecule has 0 aliphatic rings. The second-order valence-electron chi connectivity index (χ2n) is 4.07. The number of hydrogen-bond donors (Lipinski definition) is 2. The zero-order valence-corrected chi connectivity index (χ0v) is 11.4. The Morgan fingerprint density at radius 1 is 1.00 bits per heavy atom. The summed E-state index contributed by atoms with van der Waals surface area (Å²) in [5.74, 6) is 0.354. The van der Waals surface area contributed by atoms with Gasteiger partial charge in [-0.05, 0) is 22.9 Å². The molecule has 0 unspecified atom stereocenters. The van der Waals surface area contributed by atoms with Gasteiger partial charge in [0.2, 0.25) is 5.95 Å². The first-order valence-corrected chi connectivity index (χ1v) is 6.39. The van der Waals surface area contributed by atoms with Crippen LogP contribution < -0.4 is 11.5 Å². The van der Waals surface area contributed by atoms with Crippen LogP contribution in [0.4, 0.5) is 11.8 Å². The smallest absolute Gasteiger partial charge is 0.242 e. The van der Waals surface area contributed by atoms with Crippen LogP contribution in [0.5, 0.6) is 0 Å². The Kier molecular flexibility index (Phi) is 2.79. The quantitative estimate of drug-likeness (QED) is 0.720. The number of fused-ring (bicyclic) bond motifs is 1. The summed E-state index contributed by atoms with van der Waals surface area (Å²) in [7, 11) is 0. The van der Waals surface area contributed by atoms with Gasteiger partial charge in [0.15, 0.2) is 5.82 Å². The molecule has 0 atom stereocenters. The number of aromatic nitrogens is 3. The van der Waals surface area contributed by atoms with Crippen molar-refractivity contribution in [2.75, 3.05) is 11.5 Å². The molecule has 3 rings (SSSR count). The van der Waals surface area contributed by atoms with Gasteiger partial charge >= 0.3 is 0 Å². The second kappa shape index (κ2) is 4.47. The lowest BCUT2D eigenvalue weighted by atomic mass is 10.0. The zero-order valence-electron chi connectivity index (χ0n) is 9.84. The maximum absolute atomic E-state index is 5.87. The average Bonchev–Trinajstić information content (AvgIpc) is 2.38. The predicted molar refractivity (Wildman–Crippen MR) is 79.3 cm³/mol. The lowest BCUT2D eigenvalue weighted by Gasteiger charge is -2.07.